The molecule has 0 unspecified atom stereocenters. The van der Waals surface area contributed by atoms with Crippen LogP contribution in [0.5, 0.6) is 0 Å². The maximum atomic E-state index is 13.5. The Hall–Kier alpha value is -1.37. The van der Waals surface area contributed by atoms with Crippen LogP contribution in [0.4, 0.5) is 4.39 Å². The Morgan fingerprint density at radius 1 is 1.33 bits per heavy atom. The first kappa shape index (κ1) is 10.2. The normalized spacial score (nSPS) is 10.3. The van der Waals surface area contributed by atoms with Crippen LogP contribution in [0.2, 0.25) is 10.0 Å². The molecular weight excluding hydrogens is 238 g/mol. The fourth-order valence-corrected chi connectivity index (χ4v) is 1.65. The molecule has 2 aromatic rings. The molecule has 0 atom stereocenters. The van der Waals surface area contributed by atoms with E-state index in [9.17, 15) is 4.39 Å². The molecule has 2 nitrogen and oxygen atoms in total. The van der Waals surface area contributed by atoms with Gasteiger partial charge in [0.2, 0.25) is 0 Å². The number of rotatable bonds is 0. The first-order valence-electron chi connectivity index (χ1n) is 3.97. The molecule has 0 N–H and O–H groups in total. The van der Waals surface area contributed by atoms with Crippen LogP contribution in [0, 0.1) is 17.1 Å². The predicted octanol–water partition coefficient (Wildman–Crippen LogP) is 3.55. The van der Waals surface area contributed by atoms with Gasteiger partial charge in [0.15, 0.2) is 5.82 Å². The van der Waals surface area contributed by atoms with Gasteiger partial charge >= 0.3 is 0 Å². The van der Waals surface area contributed by atoms with Gasteiger partial charge < -0.3 is 0 Å². The van der Waals surface area contributed by atoms with Crippen molar-refractivity contribution in [3.05, 3.63) is 39.8 Å². The van der Waals surface area contributed by atoms with Crippen molar-refractivity contribution in [2.75, 3.05) is 0 Å². The van der Waals surface area contributed by atoms with E-state index in [0.29, 0.717) is 5.39 Å². The molecular formula is C10H3Cl2FN2. The molecule has 0 saturated carbocycles. The van der Waals surface area contributed by atoms with E-state index in [2.05, 4.69) is 4.98 Å². The fraction of sp³-hybridized carbons (Fsp3) is 0. The van der Waals surface area contributed by atoms with Crippen molar-refractivity contribution in [2.24, 2.45) is 0 Å². The summed E-state index contributed by atoms with van der Waals surface area (Å²) in [6.07, 6.45) is 1.23. The van der Waals surface area contributed by atoms with E-state index < -0.39 is 5.82 Å². The molecule has 0 aliphatic carbocycles. The summed E-state index contributed by atoms with van der Waals surface area (Å²) in [4.78, 5) is 3.81. The number of halogens is 3. The summed E-state index contributed by atoms with van der Waals surface area (Å²) in [6, 6.07) is 4.79. The summed E-state index contributed by atoms with van der Waals surface area (Å²) in [5.41, 5.74) is 0.289. The average molecular weight is 241 g/mol. The monoisotopic (exact) mass is 240 g/mol. The highest BCUT2D eigenvalue weighted by Crippen LogP contribution is 2.29. The van der Waals surface area contributed by atoms with Gasteiger partial charge in [0.1, 0.15) is 11.6 Å². The molecule has 0 bridgehead atoms. The molecule has 0 aliphatic heterocycles. The zero-order valence-electron chi connectivity index (χ0n) is 7.26. The molecule has 0 amide bonds. The minimum absolute atomic E-state index is 0.0178. The van der Waals surface area contributed by atoms with Crippen molar-refractivity contribution in [3.8, 4) is 6.07 Å². The Morgan fingerprint density at radius 3 is 2.73 bits per heavy atom. The third kappa shape index (κ3) is 1.52. The van der Waals surface area contributed by atoms with Crippen molar-refractivity contribution in [1.82, 2.24) is 4.98 Å². The Balaban J connectivity index is 2.93. The Morgan fingerprint density at radius 2 is 2.07 bits per heavy atom. The van der Waals surface area contributed by atoms with Crippen molar-refractivity contribution < 1.29 is 4.39 Å². The molecule has 0 spiro atoms. The second kappa shape index (κ2) is 3.65. The lowest BCUT2D eigenvalue weighted by Gasteiger charge is -2.03. The third-order valence-electron chi connectivity index (χ3n) is 1.99. The summed E-state index contributed by atoms with van der Waals surface area (Å²) in [7, 11) is 0. The van der Waals surface area contributed by atoms with Crippen LogP contribution in [0.15, 0.2) is 18.3 Å². The largest absolute Gasteiger partial charge is 0.252 e. The van der Waals surface area contributed by atoms with Crippen molar-refractivity contribution in [3.63, 3.8) is 0 Å². The molecule has 0 radical (unpaired) electrons. The lowest BCUT2D eigenvalue weighted by atomic mass is 10.1. The maximum Gasteiger partial charge on any atom is 0.168 e. The van der Waals surface area contributed by atoms with E-state index in [-0.39, 0.29) is 21.1 Å². The molecule has 5 heteroatoms. The molecule has 1 heterocycles. The van der Waals surface area contributed by atoms with Crippen molar-refractivity contribution in [2.45, 2.75) is 0 Å². The van der Waals surface area contributed by atoms with Crippen LogP contribution in [-0.2, 0) is 0 Å². The zero-order chi connectivity index (χ0) is 11.0. The van der Waals surface area contributed by atoms with Gasteiger partial charge in [0.25, 0.3) is 0 Å². The van der Waals surface area contributed by atoms with Gasteiger partial charge in [-0.15, -0.1) is 0 Å². The number of pyridine rings is 1. The van der Waals surface area contributed by atoms with Crippen LogP contribution >= 0.6 is 23.2 Å². The standard InChI is InChI=1S/C10H3Cl2FN2/c11-7-2-1-6-8(12)5(3-14)4-15-10(6)9(7)13/h1-2,4H. The topological polar surface area (TPSA) is 36.7 Å². The second-order valence-electron chi connectivity index (χ2n) is 2.86. The summed E-state index contributed by atoms with van der Waals surface area (Å²) >= 11 is 11.5. The molecule has 1 aromatic heterocycles. The summed E-state index contributed by atoms with van der Waals surface area (Å²) in [5.74, 6) is -0.624. The Bertz CT molecular complexity index is 590. The van der Waals surface area contributed by atoms with Crippen LogP contribution in [0.1, 0.15) is 5.56 Å². The number of hydrogen-bond donors (Lipinski definition) is 0. The van der Waals surface area contributed by atoms with Gasteiger partial charge in [-0.2, -0.15) is 5.26 Å². The van der Waals surface area contributed by atoms with Crippen LogP contribution < -0.4 is 0 Å². The minimum atomic E-state index is -0.624. The Labute approximate surface area is 94.9 Å². The number of hydrogen-bond acceptors (Lipinski definition) is 2. The summed E-state index contributed by atoms with van der Waals surface area (Å²) < 4.78 is 13.5. The minimum Gasteiger partial charge on any atom is -0.252 e. The van der Waals surface area contributed by atoms with Gasteiger partial charge in [-0.05, 0) is 12.1 Å². The van der Waals surface area contributed by atoms with E-state index >= 15 is 0 Å². The molecule has 74 valence electrons. The summed E-state index contributed by atoms with van der Waals surface area (Å²) in [6.45, 7) is 0. The van der Waals surface area contributed by atoms with Gasteiger partial charge in [0, 0.05) is 11.6 Å². The number of nitriles is 1. The average Bonchev–Trinajstić information content (AvgIpc) is 2.24. The highest BCUT2D eigenvalue weighted by Gasteiger charge is 2.11. The van der Waals surface area contributed by atoms with Crippen molar-refractivity contribution in [1.29, 1.82) is 5.26 Å². The van der Waals surface area contributed by atoms with E-state index in [4.69, 9.17) is 28.5 Å². The zero-order valence-corrected chi connectivity index (χ0v) is 8.77. The van der Waals surface area contributed by atoms with Crippen LogP contribution in [-0.4, -0.2) is 4.98 Å². The van der Waals surface area contributed by atoms with Gasteiger partial charge in [0.05, 0.1) is 15.6 Å². The van der Waals surface area contributed by atoms with Crippen molar-refractivity contribution >= 4 is 34.1 Å². The highest BCUT2D eigenvalue weighted by molar-refractivity contribution is 6.37. The first-order chi connectivity index (χ1) is 7.15. The van der Waals surface area contributed by atoms with Crippen LogP contribution in [0.25, 0.3) is 10.9 Å². The molecule has 0 fully saturated rings. The van der Waals surface area contributed by atoms with Gasteiger partial charge in [-0.25, -0.2) is 4.39 Å². The van der Waals surface area contributed by atoms with E-state index in [1.165, 1.54) is 18.3 Å². The fourth-order valence-electron chi connectivity index (χ4n) is 1.25. The van der Waals surface area contributed by atoms with E-state index in [1.807, 2.05) is 6.07 Å². The maximum absolute atomic E-state index is 13.5. The van der Waals surface area contributed by atoms with E-state index in [0.717, 1.165) is 0 Å². The Kier molecular flexibility index (Phi) is 2.47. The predicted molar refractivity (Wildman–Crippen MR) is 56.4 cm³/mol. The smallest absolute Gasteiger partial charge is 0.168 e. The third-order valence-corrected chi connectivity index (χ3v) is 2.68. The lowest BCUT2D eigenvalue weighted by Crippen LogP contribution is -1.89. The van der Waals surface area contributed by atoms with Crippen LogP contribution in [0.3, 0.4) is 0 Å². The number of nitrogens with zero attached hydrogens (tertiary/aromatic N) is 2. The molecule has 0 saturated heterocycles. The summed E-state index contributed by atoms with van der Waals surface area (Å²) in [5, 5.41) is 9.27. The van der Waals surface area contributed by atoms with Gasteiger partial charge in [-0.1, -0.05) is 23.2 Å². The van der Waals surface area contributed by atoms with Gasteiger partial charge in [-0.3, -0.25) is 4.98 Å². The molecule has 1 aromatic carbocycles. The molecule has 15 heavy (non-hydrogen) atoms. The SMILES string of the molecule is N#Cc1cnc2c(F)c(Cl)ccc2c1Cl. The van der Waals surface area contributed by atoms with E-state index in [1.54, 1.807) is 0 Å². The lowest BCUT2D eigenvalue weighted by molar-refractivity contribution is 0.637. The highest BCUT2D eigenvalue weighted by atomic mass is 35.5. The molecule has 2 rings (SSSR count). The number of aromatic nitrogens is 1. The quantitative estimate of drug-likeness (QED) is 0.707. The second-order valence-corrected chi connectivity index (χ2v) is 3.64. The number of benzene rings is 1. The first-order valence-corrected chi connectivity index (χ1v) is 4.73. The molecule has 0 aliphatic rings. The number of fused-ring (bicyclic) bond motifs is 1.